The van der Waals surface area contributed by atoms with E-state index in [1.54, 1.807) is 18.0 Å². The average Bonchev–Trinajstić information content (AvgIpc) is 3.39. The van der Waals surface area contributed by atoms with Gasteiger partial charge in [-0.1, -0.05) is 42.5 Å². The van der Waals surface area contributed by atoms with Crippen LogP contribution in [-0.4, -0.2) is 72.9 Å². The number of amides is 2. The van der Waals surface area contributed by atoms with Crippen molar-refractivity contribution < 1.29 is 19.1 Å². The number of benzene rings is 2. The Kier molecular flexibility index (Phi) is 7.34. The number of ether oxygens (including phenoxy) is 1. The fourth-order valence-electron chi connectivity index (χ4n) is 4.03. The Bertz CT molecular complexity index is 1170. The van der Waals surface area contributed by atoms with Crippen LogP contribution < -0.4 is 5.32 Å². The number of thiazole rings is 1. The second-order valence-electron chi connectivity index (χ2n) is 7.85. The summed E-state index contributed by atoms with van der Waals surface area (Å²) in [6.45, 7) is 2.12. The number of nitrogens with one attached hydrogen (secondary N) is 1. The maximum atomic E-state index is 13.2. The van der Waals surface area contributed by atoms with Gasteiger partial charge in [-0.3, -0.25) is 14.5 Å². The topological polar surface area (TPSA) is 91.8 Å². The summed E-state index contributed by atoms with van der Waals surface area (Å²) in [5, 5.41) is 3.27. The fraction of sp³-hybridized carbons (Fsp3) is 0.280. The number of nitrogens with zero attached hydrogens (tertiary/aromatic N) is 3. The molecule has 1 aliphatic heterocycles. The summed E-state index contributed by atoms with van der Waals surface area (Å²) in [6, 6.07) is 16.3. The van der Waals surface area contributed by atoms with Crippen LogP contribution in [0, 0.1) is 0 Å². The summed E-state index contributed by atoms with van der Waals surface area (Å²) in [5.41, 5.74) is 2.23. The van der Waals surface area contributed by atoms with Crippen LogP contribution in [0.25, 0.3) is 10.6 Å². The first-order valence-electron chi connectivity index (χ1n) is 11.0. The summed E-state index contributed by atoms with van der Waals surface area (Å²) in [5.74, 6) is -0.563. The largest absolute Gasteiger partial charge is 0.468 e. The van der Waals surface area contributed by atoms with Gasteiger partial charge in [-0.25, -0.2) is 9.78 Å². The molecular weight excluding hydrogens is 452 g/mol. The molecule has 0 aliphatic carbocycles. The first-order chi connectivity index (χ1) is 16.5. The molecule has 0 radical (unpaired) electrons. The first-order valence-corrected chi connectivity index (χ1v) is 11.8. The highest BCUT2D eigenvalue weighted by Gasteiger charge is 2.32. The van der Waals surface area contributed by atoms with Crippen molar-refractivity contribution in [2.24, 2.45) is 0 Å². The van der Waals surface area contributed by atoms with Gasteiger partial charge in [-0.15, -0.1) is 11.3 Å². The molecule has 1 unspecified atom stereocenters. The molecule has 2 aromatic carbocycles. The van der Waals surface area contributed by atoms with Crippen LogP contribution in [0.15, 0.2) is 60.8 Å². The molecule has 0 spiro atoms. The maximum absolute atomic E-state index is 13.2. The van der Waals surface area contributed by atoms with Gasteiger partial charge in [0, 0.05) is 44.4 Å². The van der Waals surface area contributed by atoms with Crippen molar-refractivity contribution in [3.05, 3.63) is 76.8 Å². The highest BCUT2D eigenvalue weighted by atomic mass is 32.1. The number of esters is 1. The van der Waals surface area contributed by atoms with Crippen LogP contribution in [0.2, 0.25) is 0 Å². The molecule has 4 rings (SSSR count). The molecule has 1 atom stereocenters. The summed E-state index contributed by atoms with van der Waals surface area (Å²) < 4.78 is 5.05. The minimum atomic E-state index is -0.494. The van der Waals surface area contributed by atoms with E-state index in [2.05, 4.69) is 15.2 Å². The van der Waals surface area contributed by atoms with Gasteiger partial charge in [0.25, 0.3) is 11.8 Å². The predicted molar refractivity (Wildman–Crippen MR) is 130 cm³/mol. The van der Waals surface area contributed by atoms with E-state index in [-0.39, 0.29) is 17.8 Å². The van der Waals surface area contributed by atoms with Crippen molar-refractivity contribution in [3.8, 4) is 10.6 Å². The van der Waals surface area contributed by atoms with E-state index in [0.717, 1.165) is 11.1 Å². The van der Waals surface area contributed by atoms with E-state index < -0.39 is 6.04 Å². The quantitative estimate of drug-likeness (QED) is 0.548. The van der Waals surface area contributed by atoms with Crippen LogP contribution in [0.4, 0.5) is 0 Å². The lowest BCUT2D eigenvalue weighted by Gasteiger charge is -2.38. The van der Waals surface area contributed by atoms with Crippen molar-refractivity contribution in [2.75, 3.05) is 40.3 Å². The molecule has 8 nitrogen and oxygen atoms in total. The summed E-state index contributed by atoms with van der Waals surface area (Å²) in [7, 11) is 2.97. The molecule has 2 amide bonds. The molecule has 34 heavy (non-hydrogen) atoms. The van der Waals surface area contributed by atoms with E-state index in [1.807, 2.05) is 48.5 Å². The second-order valence-corrected chi connectivity index (χ2v) is 8.88. The van der Waals surface area contributed by atoms with Crippen molar-refractivity contribution in [1.82, 2.24) is 20.1 Å². The number of rotatable bonds is 6. The molecule has 2 heterocycles. The summed E-state index contributed by atoms with van der Waals surface area (Å²) >= 11 is 1.28. The zero-order chi connectivity index (χ0) is 24.1. The van der Waals surface area contributed by atoms with Crippen molar-refractivity contribution in [3.63, 3.8) is 0 Å². The Hall–Kier alpha value is -3.56. The first kappa shape index (κ1) is 23.6. The maximum Gasteiger partial charge on any atom is 0.327 e. The van der Waals surface area contributed by atoms with Gasteiger partial charge in [-0.05, 0) is 17.7 Å². The van der Waals surface area contributed by atoms with Crippen molar-refractivity contribution in [2.45, 2.75) is 6.04 Å². The van der Waals surface area contributed by atoms with E-state index >= 15 is 0 Å². The highest BCUT2D eigenvalue weighted by molar-refractivity contribution is 7.16. The van der Waals surface area contributed by atoms with Gasteiger partial charge in [0.1, 0.15) is 15.9 Å². The number of carbonyl (C=O) groups excluding carboxylic acids is 3. The minimum absolute atomic E-state index is 0.0705. The van der Waals surface area contributed by atoms with Gasteiger partial charge in [0.05, 0.1) is 13.3 Å². The zero-order valence-electron chi connectivity index (χ0n) is 19.1. The molecular formula is C25H26N4O4S. The molecule has 176 valence electrons. The molecule has 1 saturated heterocycles. The Labute approximate surface area is 202 Å². The molecule has 1 N–H and O–H groups in total. The van der Waals surface area contributed by atoms with E-state index in [4.69, 9.17) is 4.74 Å². The zero-order valence-corrected chi connectivity index (χ0v) is 19.9. The van der Waals surface area contributed by atoms with E-state index in [1.165, 1.54) is 24.6 Å². The van der Waals surface area contributed by atoms with Gasteiger partial charge in [-0.2, -0.15) is 0 Å². The lowest BCUT2D eigenvalue weighted by Crippen LogP contribution is -2.51. The number of carbonyl (C=O) groups is 3. The van der Waals surface area contributed by atoms with Crippen LogP contribution in [-0.2, 0) is 9.53 Å². The third-order valence-corrected chi connectivity index (χ3v) is 6.86. The minimum Gasteiger partial charge on any atom is -0.468 e. The fourth-order valence-corrected chi connectivity index (χ4v) is 4.89. The monoisotopic (exact) mass is 478 g/mol. The van der Waals surface area contributed by atoms with Gasteiger partial charge < -0.3 is 15.0 Å². The number of hydrogen-bond acceptors (Lipinski definition) is 7. The van der Waals surface area contributed by atoms with Crippen LogP contribution in [0.3, 0.4) is 0 Å². The molecule has 1 aromatic heterocycles. The van der Waals surface area contributed by atoms with Gasteiger partial charge >= 0.3 is 5.97 Å². The van der Waals surface area contributed by atoms with Gasteiger partial charge in [0.15, 0.2) is 0 Å². The third kappa shape index (κ3) is 5.00. The predicted octanol–water partition coefficient (Wildman–Crippen LogP) is 2.84. The van der Waals surface area contributed by atoms with Crippen LogP contribution in [0.5, 0.6) is 0 Å². The molecule has 1 fully saturated rings. The van der Waals surface area contributed by atoms with Crippen molar-refractivity contribution in [1.29, 1.82) is 0 Å². The lowest BCUT2D eigenvalue weighted by atomic mass is 10.0. The smallest absolute Gasteiger partial charge is 0.327 e. The average molecular weight is 479 g/mol. The second kappa shape index (κ2) is 10.6. The number of hydrogen-bond donors (Lipinski definition) is 1. The van der Waals surface area contributed by atoms with Crippen LogP contribution in [0.1, 0.15) is 31.6 Å². The molecule has 0 saturated carbocycles. The Morgan fingerprint density at radius 2 is 1.76 bits per heavy atom. The Morgan fingerprint density at radius 1 is 1.03 bits per heavy atom. The Balaban J connectivity index is 1.45. The van der Waals surface area contributed by atoms with Gasteiger partial charge in [0.2, 0.25) is 0 Å². The number of piperazine rings is 1. The molecule has 1 aliphatic rings. The standard InChI is InChI=1S/C25H26N4O4S/c1-26-22(30)20-16-27-23(34-20)18-9-6-10-19(15-18)24(31)29-13-11-28(12-14-29)21(25(32)33-2)17-7-4-3-5-8-17/h3-10,15-16,21H,11-14H2,1-2H3,(H,26,30). The third-order valence-electron chi connectivity index (χ3n) is 5.82. The molecule has 0 bridgehead atoms. The Morgan fingerprint density at radius 3 is 2.44 bits per heavy atom. The normalized spacial score (nSPS) is 14.9. The number of methoxy groups -OCH3 is 1. The van der Waals surface area contributed by atoms with Crippen LogP contribution >= 0.6 is 11.3 Å². The summed E-state index contributed by atoms with van der Waals surface area (Å²) in [6.07, 6.45) is 1.54. The van der Waals surface area contributed by atoms with Crippen molar-refractivity contribution >= 4 is 29.1 Å². The summed E-state index contributed by atoms with van der Waals surface area (Å²) in [4.78, 5) is 46.3. The molecule has 3 aromatic rings. The van der Waals surface area contributed by atoms with E-state index in [0.29, 0.717) is 41.6 Å². The molecule has 9 heteroatoms. The SMILES string of the molecule is CNC(=O)c1cnc(-c2cccc(C(=O)N3CCN(C(C(=O)OC)c4ccccc4)CC3)c2)s1. The van der Waals surface area contributed by atoms with E-state index in [9.17, 15) is 14.4 Å². The lowest BCUT2D eigenvalue weighted by molar-refractivity contribution is -0.148. The number of aromatic nitrogens is 1. The highest BCUT2D eigenvalue weighted by Crippen LogP contribution is 2.27.